The molecule has 1 aliphatic carbocycles. The van der Waals surface area contributed by atoms with Crippen LogP contribution in [0, 0.1) is 11.8 Å². The zero-order chi connectivity index (χ0) is 15.8. The SMILES string of the molecule is O=C(CCN1CCCCCC1)NCC1CCC(C(=O)O)CC1. The van der Waals surface area contributed by atoms with Gasteiger partial charge in [-0.1, -0.05) is 12.8 Å². The molecule has 5 heteroatoms. The van der Waals surface area contributed by atoms with Crippen molar-refractivity contribution in [1.29, 1.82) is 0 Å². The molecule has 2 fully saturated rings. The van der Waals surface area contributed by atoms with E-state index < -0.39 is 5.97 Å². The Kier molecular flexibility index (Phi) is 7.16. The summed E-state index contributed by atoms with van der Waals surface area (Å²) < 4.78 is 0. The number of amides is 1. The predicted octanol–water partition coefficient (Wildman–Crippen LogP) is 2.26. The van der Waals surface area contributed by atoms with Gasteiger partial charge in [0.2, 0.25) is 5.91 Å². The Labute approximate surface area is 133 Å². The normalized spacial score (nSPS) is 27.1. The van der Waals surface area contributed by atoms with E-state index in [1.165, 1.54) is 25.7 Å². The Bertz CT molecular complexity index is 357. The van der Waals surface area contributed by atoms with Crippen molar-refractivity contribution in [2.75, 3.05) is 26.2 Å². The second-order valence-corrected chi connectivity index (χ2v) is 6.87. The quantitative estimate of drug-likeness (QED) is 0.789. The molecule has 22 heavy (non-hydrogen) atoms. The maximum absolute atomic E-state index is 12.0. The van der Waals surface area contributed by atoms with Crippen LogP contribution in [0.15, 0.2) is 0 Å². The van der Waals surface area contributed by atoms with Crippen LogP contribution in [0.4, 0.5) is 0 Å². The van der Waals surface area contributed by atoms with Crippen molar-refractivity contribution >= 4 is 11.9 Å². The highest BCUT2D eigenvalue weighted by atomic mass is 16.4. The number of carbonyl (C=O) groups excluding carboxylic acids is 1. The third-order valence-electron chi connectivity index (χ3n) is 5.14. The molecule has 0 aromatic heterocycles. The molecule has 0 aromatic rings. The minimum atomic E-state index is -0.667. The van der Waals surface area contributed by atoms with Crippen molar-refractivity contribution in [1.82, 2.24) is 10.2 Å². The number of rotatable bonds is 6. The summed E-state index contributed by atoms with van der Waals surface area (Å²) in [4.78, 5) is 25.3. The molecule has 1 heterocycles. The van der Waals surface area contributed by atoms with Crippen molar-refractivity contribution in [3.05, 3.63) is 0 Å². The van der Waals surface area contributed by atoms with E-state index in [4.69, 9.17) is 5.11 Å². The summed E-state index contributed by atoms with van der Waals surface area (Å²) in [6, 6.07) is 0. The standard InChI is InChI=1S/C17H30N2O3/c20-16(9-12-19-10-3-1-2-4-11-19)18-13-14-5-7-15(8-6-14)17(21)22/h14-15H,1-13H2,(H,18,20)(H,21,22). The van der Waals surface area contributed by atoms with Gasteiger partial charge >= 0.3 is 5.97 Å². The topological polar surface area (TPSA) is 69.6 Å². The summed E-state index contributed by atoms with van der Waals surface area (Å²) in [7, 11) is 0. The number of aliphatic carboxylic acids is 1. The molecule has 126 valence electrons. The Balaban J connectivity index is 1.57. The summed E-state index contributed by atoms with van der Waals surface area (Å²) in [5, 5.41) is 12.0. The summed E-state index contributed by atoms with van der Waals surface area (Å²) in [6.07, 6.45) is 9.09. The van der Waals surface area contributed by atoms with Gasteiger partial charge in [0.1, 0.15) is 0 Å². The molecule has 2 rings (SSSR count). The van der Waals surface area contributed by atoms with Crippen LogP contribution in [-0.4, -0.2) is 48.1 Å². The van der Waals surface area contributed by atoms with E-state index in [1.807, 2.05) is 0 Å². The second-order valence-electron chi connectivity index (χ2n) is 6.87. The molecule has 0 unspecified atom stereocenters. The molecule has 0 bridgehead atoms. The van der Waals surface area contributed by atoms with E-state index in [9.17, 15) is 9.59 Å². The third kappa shape index (κ3) is 5.95. The van der Waals surface area contributed by atoms with Gasteiger partial charge in [-0.05, 0) is 57.5 Å². The Morgan fingerprint density at radius 2 is 1.64 bits per heavy atom. The van der Waals surface area contributed by atoms with Gasteiger partial charge in [0.15, 0.2) is 0 Å². The van der Waals surface area contributed by atoms with Crippen LogP contribution in [-0.2, 0) is 9.59 Å². The lowest BCUT2D eigenvalue weighted by Crippen LogP contribution is -2.35. The van der Waals surface area contributed by atoms with Gasteiger partial charge in [-0.25, -0.2) is 0 Å². The number of carboxylic acid groups (broad SMARTS) is 1. The summed E-state index contributed by atoms with van der Waals surface area (Å²) >= 11 is 0. The van der Waals surface area contributed by atoms with E-state index in [-0.39, 0.29) is 11.8 Å². The molecular weight excluding hydrogens is 280 g/mol. The van der Waals surface area contributed by atoms with Gasteiger partial charge in [0, 0.05) is 19.5 Å². The lowest BCUT2D eigenvalue weighted by molar-refractivity contribution is -0.143. The van der Waals surface area contributed by atoms with E-state index in [1.54, 1.807) is 0 Å². The number of hydrogen-bond donors (Lipinski definition) is 2. The molecule has 1 saturated carbocycles. The first-order valence-electron chi connectivity index (χ1n) is 8.87. The van der Waals surface area contributed by atoms with Gasteiger partial charge in [-0.3, -0.25) is 9.59 Å². The van der Waals surface area contributed by atoms with Gasteiger partial charge in [0.25, 0.3) is 0 Å². The minimum Gasteiger partial charge on any atom is -0.481 e. The van der Waals surface area contributed by atoms with Crippen LogP contribution in [0.1, 0.15) is 57.8 Å². The number of hydrogen-bond acceptors (Lipinski definition) is 3. The van der Waals surface area contributed by atoms with Gasteiger partial charge < -0.3 is 15.3 Å². The smallest absolute Gasteiger partial charge is 0.306 e. The fraction of sp³-hybridized carbons (Fsp3) is 0.882. The van der Waals surface area contributed by atoms with Crippen molar-refractivity contribution in [2.24, 2.45) is 11.8 Å². The molecule has 0 spiro atoms. The fourth-order valence-corrected chi connectivity index (χ4v) is 3.58. The molecule has 2 N–H and O–H groups in total. The summed E-state index contributed by atoms with van der Waals surface area (Å²) in [5.74, 6) is -0.239. The first-order valence-corrected chi connectivity index (χ1v) is 8.87. The van der Waals surface area contributed by atoms with E-state index in [0.717, 1.165) is 45.3 Å². The molecule has 2 aliphatic rings. The molecule has 5 nitrogen and oxygen atoms in total. The molecular formula is C17H30N2O3. The summed E-state index contributed by atoms with van der Waals surface area (Å²) in [5.41, 5.74) is 0. The van der Waals surface area contributed by atoms with Crippen molar-refractivity contribution in [3.8, 4) is 0 Å². The molecule has 1 amide bonds. The van der Waals surface area contributed by atoms with Crippen LogP contribution in [0.2, 0.25) is 0 Å². The van der Waals surface area contributed by atoms with Crippen LogP contribution < -0.4 is 5.32 Å². The van der Waals surface area contributed by atoms with E-state index in [0.29, 0.717) is 18.9 Å². The number of likely N-dealkylation sites (tertiary alicyclic amines) is 1. The maximum Gasteiger partial charge on any atom is 0.306 e. The highest BCUT2D eigenvalue weighted by molar-refractivity contribution is 5.76. The number of nitrogens with zero attached hydrogens (tertiary/aromatic N) is 1. The third-order valence-corrected chi connectivity index (χ3v) is 5.14. The molecule has 0 atom stereocenters. The average Bonchev–Trinajstić information content (AvgIpc) is 2.80. The highest BCUT2D eigenvalue weighted by Gasteiger charge is 2.25. The van der Waals surface area contributed by atoms with Crippen molar-refractivity contribution in [2.45, 2.75) is 57.8 Å². The van der Waals surface area contributed by atoms with Gasteiger partial charge in [-0.2, -0.15) is 0 Å². The van der Waals surface area contributed by atoms with Crippen LogP contribution in [0.3, 0.4) is 0 Å². The first kappa shape index (κ1) is 17.3. The highest BCUT2D eigenvalue weighted by Crippen LogP contribution is 2.28. The zero-order valence-corrected chi connectivity index (χ0v) is 13.6. The Morgan fingerprint density at radius 1 is 1.00 bits per heavy atom. The molecule has 1 saturated heterocycles. The fourth-order valence-electron chi connectivity index (χ4n) is 3.58. The Hall–Kier alpha value is -1.10. The second kappa shape index (κ2) is 9.13. The van der Waals surface area contributed by atoms with Crippen molar-refractivity contribution < 1.29 is 14.7 Å². The van der Waals surface area contributed by atoms with E-state index >= 15 is 0 Å². The van der Waals surface area contributed by atoms with Crippen LogP contribution in [0.25, 0.3) is 0 Å². The van der Waals surface area contributed by atoms with Crippen LogP contribution >= 0.6 is 0 Å². The number of nitrogens with one attached hydrogen (secondary N) is 1. The van der Waals surface area contributed by atoms with Gasteiger partial charge in [-0.15, -0.1) is 0 Å². The lowest BCUT2D eigenvalue weighted by Gasteiger charge is -2.26. The first-order chi connectivity index (χ1) is 10.6. The number of carbonyl (C=O) groups is 2. The number of carboxylic acids is 1. The monoisotopic (exact) mass is 310 g/mol. The molecule has 1 aliphatic heterocycles. The minimum absolute atomic E-state index is 0.143. The predicted molar refractivity (Wildman–Crippen MR) is 85.6 cm³/mol. The Morgan fingerprint density at radius 3 is 2.23 bits per heavy atom. The average molecular weight is 310 g/mol. The van der Waals surface area contributed by atoms with Crippen molar-refractivity contribution in [3.63, 3.8) is 0 Å². The lowest BCUT2D eigenvalue weighted by atomic mass is 9.82. The molecule has 0 radical (unpaired) electrons. The largest absolute Gasteiger partial charge is 0.481 e. The zero-order valence-electron chi connectivity index (χ0n) is 13.6. The van der Waals surface area contributed by atoms with E-state index in [2.05, 4.69) is 10.2 Å². The summed E-state index contributed by atoms with van der Waals surface area (Å²) in [6.45, 7) is 3.85. The maximum atomic E-state index is 12.0. The molecule has 0 aromatic carbocycles. The van der Waals surface area contributed by atoms with Gasteiger partial charge in [0.05, 0.1) is 5.92 Å². The van der Waals surface area contributed by atoms with Crippen LogP contribution in [0.5, 0.6) is 0 Å².